The topological polar surface area (TPSA) is 41.5 Å². The Labute approximate surface area is 96.4 Å². The Bertz CT molecular complexity index is 370. The molecule has 0 saturated carbocycles. The van der Waals surface area contributed by atoms with Gasteiger partial charge in [0, 0.05) is 6.54 Å². The van der Waals surface area contributed by atoms with Gasteiger partial charge in [0.25, 0.3) is 0 Å². The van der Waals surface area contributed by atoms with Gasteiger partial charge in [-0.15, -0.1) is 6.42 Å². The normalized spacial score (nSPS) is 13.9. The van der Waals surface area contributed by atoms with Crippen molar-refractivity contribution < 1.29 is 9.84 Å². The van der Waals surface area contributed by atoms with Crippen molar-refractivity contribution in [3.63, 3.8) is 0 Å². The predicted octanol–water partition coefficient (Wildman–Crippen LogP) is 1.34. The van der Waals surface area contributed by atoms with E-state index >= 15 is 0 Å². The molecule has 0 aliphatic carbocycles. The first-order valence-electron chi connectivity index (χ1n) is 5.19. The Balaban J connectivity index is 2.59. The highest BCUT2D eigenvalue weighted by Gasteiger charge is 2.08. The van der Waals surface area contributed by atoms with Gasteiger partial charge in [-0.05, 0) is 24.6 Å². The van der Waals surface area contributed by atoms with Gasteiger partial charge >= 0.3 is 0 Å². The fourth-order valence-electron chi connectivity index (χ4n) is 1.31. The number of ether oxygens (including phenoxy) is 1. The molecule has 1 aromatic carbocycles. The molecule has 2 unspecified atom stereocenters. The third-order valence-corrected chi connectivity index (χ3v) is 2.35. The van der Waals surface area contributed by atoms with E-state index in [1.54, 1.807) is 7.11 Å². The van der Waals surface area contributed by atoms with Gasteiger partial charge in [-0.3, -0.25) is 0 Å². The molecule has 0 radical (unpaired) electrons. The number of nitrogens with one attached hydrogen (secondary N) is 1. The van der Waals surface area contributed by atoms with Crippen LogP contribution in [-0.2, 0) is 0 Å². The van der Waals surface area contributed by atoms with Gasteiger partial charge in [-0.1, -0.05) is 18.1 Å². The number of aliphatic hydroxyl groups is 1. The first-order valence-corrected chi connectivity index (χ1v) is 5.19. The average molecular weight is 219 g/mol. The van der Waals surface area contributed by atoms with Crippen LogP contribution in [0.2, 0.25) is 0 Å². The van der Waals surface area contributed by atoms with Crippen molar-refractivity contribution in [2.24, 2.45) is 0 Å². The quantitative estimate of drug-likeness (QED) is 0.734. The van der Waals surface area contributed by atoms with E-state index in [4.69, 9.17) is 11.2 Å². The van der Waals surface area contributed by atoms with Crippen LogP contribution in [0, 0.1) is 12.3 Å². The van der Waals surface area contributed by atoms with Crippen LogP contribution < -0.4 is 10.1 Å². The lowest BCUT2D eigenvalue weighted by atomic mass is 10.1. The van der Waals surface area contributed by atoms with Crippen LogP contribution in [0.5, 0.6) is 5.75 Å². The maximum Gasteiger partial charge on any atom is 0.119 e. The molecule has 0 spiro atoms. The Morgan fingerprint density at radius 2 is 2.31 bits per heavy atom. The van der Waals surface area contributed by atoms with E-state index in [-0.39, 0.29) is 6.04 Å². The number of hydrogen-bond donors (Lipinski definition) is 2. The summed E-state index contributed by atoms with van der Waals surface area (Å²) >= 11 is 0. The standard InChI is InChI=1S/C13H17NO2/c1-4-10(2)14-9-13(15)11-6-5-7-12(8-11)16-3/h1,5-8,10,13-15H,9H2,2-3H3. The SMILES string of the molecule is C#CC(C)NCC(O)c1cccc(OC)c1. The largest absolute Gasteiger partial charge is 0.497 e. The molecule has 0 saturated heterocycles. The Kier molecular flexibility index (Phi) is 4.84. The number of terminal acetylenes is 1. The zero-order valence-electron chi connectivity index (χ0n) is 9.60. The van der Waals surface area contributed by atoms with Crippen LogP contribution in [0.15, 0.2) is 24.3 Å². The van der Waals surface area contributed by atoms with E-state index in [1.165, 1.54) is 0 Å². The van der Waals surface area contributed by atoms with Gasteiger partial charge in [0.15, 0.2) is 0 Å². The van der Waals surface area contributed by atoms with Crippen LogP contribution in [0.4, 0.5) is 0 Å². The second kappa shape index (κ2) is 6.16. The molecule has 2 atom stereocenters. The summed E-state index contributed by atoms with van der Waals surface area (Å²) in [4.78, 5) is 0. The summed E-state index contributed by atoms with van der Waals surface area (Å²) in [6.07, 6.45) is 4.65. The summed E-state index contributed by atoms with van der Waals surface area (Å²) in [7, 11) is 1.60. The highest BCUT2D eigenvalue weighted by atomic mass is 16.5. The molecule has 0 bridgehead atoms. The molecule has 1 rings (SSSR count). The molecule has 16 heavy (non-hydrogen) atoms. The molecule has 1 aromatic rings. The molecule has 0 fully saturated rings. The van der Waals surface area contributed by atoms with Gasteiger partial charge in [-0.2, -0.15) is 0 Å². The van der Waals surface area contributed by atoms with Gasteiger partial charge in [0.2, 0.25) is 0 Å². The van der Waals surface area contributed by atoms with Crippen molar-refractivity contribution in [1.29, 1.82) is 0 Å². The lowest BCUT2D eigenvalue weighted by Gasteiger charge is -2.14. The molecule has 86 valence electrons. The molecule has 0 aromatic heterocycles. The van der Waals surface area contributed by atoms with Gasteiger partial charge in [0.1, 0.15) is 5.75 Å². The lowest BCUT2D eigenvalue weighted by Crippen LogP contribution is -2.29. The Morgan fingerprint density at radius 3 is 2.94 bits per heavy atom. The minimum Gasteiger partial charge on any atom is -0.497 e. The highest BCUT2D eigenvalue weighted by molar-refractivity contribution is 5.29. The van der Waals surface area contributed by atoms with Crippen molar-refractivity contribution >= 4 is 0 Å². The van der Waals surface area contributed by atoms with E-state index in [1.807, 2.05) is 31.2 Å². The molecule has 3 heteroatoms. The predicted molar refractivity (Wildman–Crippen MR) is 64.3 cm³/mol. The van der Waals surface area contributed by atoms with Crippen molar-refractivity contribution in [1.82, 2.24) is 5.32 Å². The minimum absolute atomic E-state index is 0.0414. The maximum absolute atomic E-state index is 9.90. The number of aliphatic hydroxyl groups excluding tert-OH is 1. The van der Waals surface area contributed by atoms with Gasteiger partial charge in [-0.25, -0.2) is 0 Å². The van der Waals surface area contributed by atoms with E-state index in [9.17, 15) is 5.11 Å². The first-order chi connectivity index (χ1) is 7.67. The van der Waals surface area contributed by atoms with Crippen molar-refractivity contribution in [2.75, 3.05) is 13.7 Å². The zero-order chi connectivity index (χ0) is 12.0. The highest BCUT2D eigenvalue weighted by Crippen LogP contribution is 2.18. The smallest absolute Gasteiger partial charge is 0.119 e. The van der Waals surface area contributed by atoms with Crippen molar-refractivity contribution in [2.45, 2.75) is 19.1 Å². The number of rotatable bonds is 5. The monoisotopic (exact) mass is 219 g/mol. The summed E-state index contributed by atoms with van der Waals surface area (Å²) in [5.41, 5.74) is 0.816. The Morgan fingerprint density at radius 1 is 1.56 bits per heavy atom. The summed E-state index contributed by atoms with van der Waals surface area (Å²) in [6, 6.07) is 7.32. The van der Waals surface area contributed by atoms with Crippen LogP contribution in [0.1, 0.15) is 18.6 Å². The summed E-state index contributed by atoms with van der Waals surface area (Å²) in [5, 5.41) is 12.9. The second-order valence-electron chi connectivity index (χ2n) is 3.59. The second-order valence-corrected chi connectivity index (χ2v) is 3.59. The lowest BCUT2D eigenvalue weighted by molar-refractivity contribution is 0.173. The third-order valence-electron chi connectivity index (χ3n) is 2.35. The summed E-state index contributed by atoms with van der Waals surface area (Å²) in [6.45, 7) is 2.30. The molecule has 0 aliphatic rings. The Hall–Kier alpha value is -1.50. The molecular formula is C13H17NO2. The molecule has 2 N–H and O–H groups in total. The third kappa shape index (κ3) is 3.58. The average Bonchev–Trinajstić information content (AvgIpc) is 2.35. The van der Waals surface area contributed by atoms with E-state index in [2.05, 4.69) is 11.2 Å². The molecule has 0 amide bonds. The zero-order valence-corrected chi connectivity index (χ0v) is 9.60. The van der Waals surface area contributed by atoms with Gasteiger partial charge in [0.05, 0.1) is 19.3 Å². The number of methoxy groups -OCH3 is 1. The number of benzene rings is 1. The van der Waals surface area contributed by atoms with Crippen LogP contribution in [-0.4, -0.2) is 24.8 Å². The van der Waals surface area contributed by atoms with E-state index in [0.29, 0.717) is 6.54 Å². The van der Waals surface area contributed by atoms with Crippen molar-refractivity contribution in [3.8, 4) is 18.1 Å². The fourth-order valence-corrected chi connectivity index (χ4v) is 1.31. The van der Waals surface area contributed by atoms with E-state index < -0.39 is 6.10 Å². The van der Waals surface area contributed by atoms with Crippen LogP contribution in [0.25, 0.3) is 0 Å². The summed E-state index contributed by atoms with van der Waals surface area (Å²) < 4.78 is 5.09. The van der Waals surface area contributed by atoms with E-state index in [0.717, 1.165) is 11.3 Å². The fraction of sp³-hybridized carbons (Fsp3) is 0.385. The number of hydrogen-bond acceptors (Lipinski definition) is 3. The minimum atomic E-state index is -0.578. The first kappa shape index (κ1) is 12.6. The van der Waals surface area contributed by atoms with Crippen LogP contribution in [0.3, 0.4) is 0 Å². The molecular weight excluding hydrogens is 202 g/mol. The van der Waals surface area contributed by atoms with Crippen LogP contribution >= 0.6 is 0 Å². The summed E-state index contributed by atoms with van der Waals surface area (Å²) in [5.74, 6) is 3.28. The molecule has 0 aliphatic heterocycles. The molecule has 0 heterocycles. The molecule has 3 nitrogen and oxygen atoms in total. The van der Waals surface area contributed by atoms with Gasteiger partial charge < -0.3 is 15.2 Å². The maximum atomic E-state index is 9.90. The van der Waals surface area contributed by atoms with Crippen molar-refractivity contribution in [3.05, 3.63) is 29.8 Å².